The molecule has 0 aliphatic carbocycles. The molecule has 0 saturated carbocycles. The van der Waals surface area contributed by atoms with Crippen molar-refractivity contribution in [3.8, 4) is 0 Å². The summed E-state index contributed by atoms with van der Waals surface area (Å²) in [7, 11) is 0. The SMILES string of the molecule is O=c1[nH]c2ccccc2n1CCC1CCCO1. The maximum absolute atomic E-state index is 11.8. The molecule has 0 spiro atoms. The third-order valence-corrected chi connectivity index (χ3v) is 3.38. The zero-order valence-electron chi connectivity index (χ0n) is 9.69. The molecule has 3 rings (SSSR count). The van der Waals surface area contributed by atoms with E-state index in [1.54, 1.807) is 4.57 Å². The van der Waals surface area contributed by atoms with Crippen molar-refractivity contribution < 1.29 is 4.74 Å². The first-order valence-electron chi connectivity index (χ1n) is 6.14. The molecule has 90 valence electrons. The van der Waals surface area contributed by atoms with E-state index in [2.05, 4.69) is 4.98 Å². The highest BCUT2D eigenvalue weighted by atomic mass is 16.5. The lowest BCUT2D eigenvalue weighted by molar-refractivity contribution is 0.100. The van der Waals surface area contributed by atoms with E-state index in [0.717, 1.165) is 43.4 Å². The number of aromatic nitrogens is 2. The number of para-hydroxylation sites is 2. The van der Waals surface area contributed by atoms with Crippen molar-refractivity contribution in [3.63, 3.8) is 0 Å². The van der Waals surface area contributed by atoms with Crippen molar-refractivity contribution >= 4 is 11.0 Å². The first-order chi connectivity index (χ1) is 8.34. The topological polar surface area (TPSA) is 47.0 Å². The second-order valence-corrected chi connectivity index (χ2v) is 4.52. The average molecular weight is 232 g/mol. The molecule has 1 aliphatic heterocycles. The standard InChI is InChI=1S/C13H16N2O2/c16-13-14-11-5-1-2-6-12(11)15(13)8-7-10-4-3-9-17-10/h1-2,5-6,10H,3-4,7-9H2,(H,14,16). The Morgan fingerprint density at radius 2 is 2.29 bits per heavy atom. The Hall–Kier alpha value is -1.55. The van der Waals surface area contributed by atoms with Gasteiger partial charge in [-0.2, -0.15) is 0 Å². The summed E-state index contributed by atoms with van der Waals surface area (Å²) in [6.45, 7) is 1.60. The first-order valence-corrected chi connectivity index (χ1v) is 6.14. The number of benzene rings is 1. The van der Waals surface area contributed by atoms with Crippen LogP contribution >= 0.6 is 0 Å². The predicted molar refractivity (Wildman–Crippen MR) is 66.1 cm³/mol. The van der Waals surface area contributed by atoms with Crippen LogP contribution in [0.4, 0.5) is 0 Å². The summed E-state index contributed by atoms with van der Waals surface area (Å²) in [5, 5.41) is 0. The molecule has 0 radical (unpaired) electrons. The van der Waals surface area contributed by atoms with Crippen molar-refractivity contribution in [2.24, 2.45) is 0 Å². The quantitative estimate of drug-likeness (QED) is 0.878. The van der Waals surface area contributed by atoms with Crippen molar-refractivity contribution in [1.29, 1.82) is 0 Å². The minimum absolute atomic E-state index is 0.0239. The molecule has 0 bridgehead atoms. The van der Waals surface area contributed by atoms with Gasteiger partial charge in [0, 0.05) is 13.2 Å². The van der Waals surface area contributed by atoms with Crippen molar-refractivity contribution in [3.05, 3.63) is 34.7 Å². The monoisotopic (exact) mass is 232 g/mol. The molecule has 17 heavy (non-hydrogen) atoms. The van der Waals surface area contributed by atoms with Crippen molar-refractivity contribution in [2.75, 3.05) is 6.61 Å². The molecular formula is C13H16N2O2. The molecule has 2 heterocycles. The Morgan fingerprint density at radius 1 is 1.41 bits per heavy atom. The number of nitrogens with one attached hydrogen (secondary N) is 1. The Bertz CT molecular complexity index is 564. The minimum Gasteiger partial charge on any atom is -0.378 e. The summed E-state index contributed by atoms with van der Waals surface area (Å²) in [5.41, 5.74) is 1.87. The molecule has 4 nitrogen and oxygen atoms in total. The molecule has 1 unspecified atom stereocenters. The number of H-pyrrole nitrogens is 1. The number of aryl methyl sites for hydroxylation is 1. The number of hydrogen-bond acceptors (Lipinski definition) is 2. The molecular weight excluding hydrogens is 216 g/mol. The lowest BCUT2D eigenvalue weighted by Crippen LogP contribution is -2.19. The molecule has 1 aliphatic rings. The first kappa shape index (κ1) is 10.6. The van der Waals surface area contributed by atoms with E-state index < -0.39 is 0 Å². The van der Waals surface area contributed by atoms with E-state index in [1.165, 1.54) is 0 Å². The maximum Gasteiger partial charge on any atom is 0.326 e. The molecule has 4 heteroatoms. The van der Waals surface area contributed by atoms with Gasteiger partial charge in [0.1, 0.15) is 0 Å². The van der Waals surface area contributed by atoms with Crippen LogP contribution in [0.15, 0.2) is 29.1 Å². The van der Waals surface area contributed by atoms with Crippen LogP contribution < -0.4 is 5.69 Å². The number of hydrogen-bond donors (Lipinski definition) is 1. The fraction of sp³-hybridized carbons (Fsp3) is 0.462. The summed E-state index contributed by atoms with van der Waals surface area (Å²) >= 11 is 0. The van der Waals surface area contributed by atoms with Gasteiger partial charge in [0.25, 0.3) is 0 Å². The summed E-state index contributed by atoms with van der Waals surface area (Å²) in [6, 6.07) is 7.79. The Balaban J connectivity index is 1.84. The fourth-order valence-electron chi connectivity index (χ4n) is 2.47. The van der Waals surface area contributed by atoms with Crippen LogP contribution in [0.5, 0.6) is 0 Å². The van der Waals surface area contributed by atoms with Gasteiger partial charge >= 0.3 is 5.69 Å². The summed E-state index contributed by atoms with van der Waals surface area (Å²) in [6.07, 6.45) is 3.52. The number of aromatic amines is 1. The molecule has 1 aromatic carbocycles. The number of nitrogens with zero attached hydrogens (tertiary/aromatic N) is 1. The van der Waals surface area contributed by atoms with Gasteiger partial charge in [0.05, 0.1) is 17.1 Å². The zero-order chi connectivity index (χ0) is 11.7. The summed E-state index contributed by atoms with van der Waals surface area (Å²) < 4.78 is 7.38. The van der Waals surface area contributed by atoms with Crippen LogP contribution in [0, 0.1) is 0 Å². The minimum atomic E-state index is -0.0239. The number of ether oxygens (including phenoxy) is 1. The summed E-state index contributed by atoms with van der Waals surface area (Å²) in [4.78, 5) is 14.7. The normalized spacial score (nSPS) is 20.1. The van der Waals surface area contributed by atoms with E-state index in [-0.39, 0.29) is 5.69 Å². The Kier molecular flexibility index (Phi) is 2.73. The van der Waals surface area contributed by atoms with Gasteiger partial charge in [-0.25, -0.2) is 4.79 Å². The second-order valence-electron chi connectivity index (χ2n) is 4.52. The fourth-order valence-corrected chi connectivity index (χ4v) is 2.47. The van der Waals surface area contributed by atoms with Gasteiger partial charge in [-0.3, -0.25) is 4.57 Å². The average Bonchev–Trinajstić information content (AvgIpc) is 2.93. The molecule has 1 aromatic heterocycles. The summed E-state index contributed by atoms with van der Waals surface area (Å²) in [5.74, 6) is 0. The number of fused-ring (bicyclic) bond motifs is 1. The van der Waals surface area contributed by atoms with Gasteiger partial charge < -0.3 is 9.72 Å². The molecule has 1 saturated heterocycles. The third kappa shape index (κ3) is 2.00. The van der Waals surface area contributed by atoms with Crippen molar-refractivity contribution in [1.82, 2.24) is 9.55 Å². The smallest absolute Gasteiger partial charge is 0.326 e. The van der Waals surface area contributed by atoms with E-state index >= 15 is 0 Å². The largest absolute Gasteiger partial charge is 0.378 e. The number of imidazole rings is 1. The number of rotatable bonds is 3. The Labute approximate surface area is 99.2 Å². The molecule has 0 amide bonds. The molecule has 1 atom stereocenters. The van der Waals surface area contributed by atoms with Gasteiger partial charge in [0.15, 0.2) is 0 Å². The van der Waals surface area contributed by atoms with Crippen LogP contribution in [0.3, 0.4) is 0 Å². The highest BCUT2D eigenvalue weighted by molar-refractivity contribution is 5.74. The van der Waals surface area contributed by atoms with E-state index in [9.17, 15) is 4.79 Å². The van der Waals surface area contributed by atoms with Crippen LogP contribution in [0.1, 0.15) is 19.3 Å². The van der Waals surface area contributed by atoms with Crippen LogP contribution in [0.25, 0.3) is 11.0 Å². The highest BCUT2D eigenvalue weighted by Gasteiger charge is 2.16. The van der Waals surface area contributed by atoms with Gasteiger partial charge in [0.2, 0.25) is 0 Å². The predicted octanol–water partition coefficient (Wildman–Crippen LogP) is 1.90. The molecule has 2 aromatic rings. The zero-order valence-corrected chi connectivity index (χ0v) is 9.69. The van der Waals surface area contributed by atoms with Gasteiger partial charge in [-0.15, -0.1) is 0 Å². The second kappa shape index (κ2) is 4.37. The van der Waals surface area contributed by atoms with Gasteiger partial charge in [-0.05, 0) is 31.4 Å². The lowest BCUT2D eigenvalue weighted by atomic mass is 10.2. The van der Waals surface area contributed by atoms with E-state index in [1.807, 2.05) is 24.3 Å². The third-order valence-electron chi connectivity index (χ3n) is 3.38. The molecule has 1 N–H and O–H groups in total. The van der Waals surface area contributed by atoms with Crippen LogP contribution in [-0.2, 0) is 11.3 Å². The lowest BCUT2D eigenvalue weighted by Gasteiger charge is -2.09. The van der Waals surface area contributed by atoms with Crippen LogP contribution in [-0.4, -0.2) is 22.3 Å². The van der Waals surface area contributed by atoms with Gasteiger partial charge in [-0.1, -0.05) is 12.1 Å². The van der Waals surface area contributed by atoms with E-state index in [0.29, 0.717) is 6.10 Å². The maximum atomic E-state index is 11.8. The van der Waals surface area contributed by atoms with E-state index in [4.69, 9.17) is 4.74 Å². The highest BCUT2D eigenvalue weighted by Crippen LogP contribution is 2.17. The van der Waals surface area contributed by atoms with Crippen LogP contribution in [0.2, 0.25) is 0 Å². The van der Waals surface area contributed by atoms with Crippen molar-refractivity contribution in [2.45, 2.75) is 31.9 Å². The Morgan fingerprint density at radius 3 is 3.12 bits per heavy atom. The molecule has 1 fully saturated rings.